The molecule has 1 unspecified atom stereocenters. The fourth-order valence-corrected chi connectivity index (χ4v) is 6.11. The number of carboxylic acids is 2. The Kier molecular flexibility index (Phi) is 10.8. The van der Waals surface area contributed by atoms with Gasteiger partial charge in [-0.25, -0.2) is 19.1 Å². The number of nitrogens with two attached hydrogens (primary N) is 3. The Morgan fingerprint density at radius 1 is 1.28 bits per heavy atom. The molecule has 4 heterocycles. The van der Waals surface area contributed by atoms with E-state index in [2.05, 4.69) is 25.8 Å². The van der Waals surface area contributed by atoms with E-state index >= 15 is 0 Å². The van der Waals surface area contributed by atoms with Gasteiger partial charge in [0, 0.05) is 17.6 Å². The van der Waals surface area contributed by atoms with Crippen molar-refractivity contribution in [2.45, 2.75) is 50.3 Å². The Bertz CT molecular complexity index is 1690. The summed E-state index contributed by atoms with van der Waals surface area (Å²) in [5.41, 5.74) is 15.3. The lowest BCUT2D eigenvalue weighted by molar-refractivity contribution is -0.689. The van der Waals surface area contributed by atoms with Gasteiger partial charge < -0.3 is 42.9 Å². The molecule has 2 aliphatic heterocycles. The van der Waals surface area contributed by atoms with E-state index in [1.165, 1.54) is 37.3 Å². The number of anilines is 3. The maximum Gasteiger partial charge on any atom is 0.352 e. The van der Waals surface area contributed by atoms with E-state index < -0.39 is 46.5 Å². The summed E-state index contributed by atoms with van der Waals surface area (Å²) in [7, 11) is 0. The summed E-state index contributed by atoms with van der Waals surface area (Å²) in [6, 6.07) is -1.11. The maximum absolute atomic E-state index is 13.3. The van der Waals surface area contributed by atoms with Crippen molar-refractivity contribution in [1.82, 2.24) is 20.2 Å². The number of carbonyl (C=O) groups excluding carboxylic acids is 3. The number of nitrogens with one attached hydrogen (secondary N) is 2. The molecule has 3 amide bonds. The summed E-state index contributed by atoms with van der Waals surface area (Å²) in [6.07, 6.45) is 7.02. The zero-order valence-electron chi connectivity index (χ0n) is 25.2. The van der Waals surface area contributed by atoms with Crippen molar-refractivity contribution < 1.29 is 43.6 Å². The van der Waals surface area contributed by atoms with Gasteiger partial charge in [-0.05, 0) is 43.4 Å². The number of nitrogens with zero attached hydrogens (tertiary/aromatic N) is 5. The first-order chi connectivity index (χ1) is 22.2. The Morgan fingerprint density at radius 3 is 2.66 bits per heavy atom. The number of oxime groups is 1. The third-order valence-corrected chi connectivity index (χ3v) is 8.76. The van der Waals surface area contributed by atoms with Crippen LogP contribution in [0.1, 0.15) is 32.4 Å². The quantitative estimate of drug-likeness (QED) is 0.0556. The number of hydrogen-bond donors (Lipinski definition) is 7. The molecule has 1 fully saturated rings. The number of hydrogen-bond acceptors (Lipinski definition) is 14. The second-order valence-electron chi connectivity index (χ2n) is 10.7. The Hall–Kier alpha value is -5.08. The van der Waals surface area contributed by atoms with Crippen LogP contribution in [0, 0.1) is 0 Å². The minimum atomic E-state index is -1.79. The predicted octanol–water partition coefficient (Wildman–Crippen LogP) is -0.754. The van der Waals surface area contributed by atoms with Crippen molar-refractivity contribution in [2.75, 3.05) is 29.1 Å². The topological polar surface area (TPSA) is 282 Å². The minimum Gasteiger partial charge on any atom is -0.478 e. The molecule has 18 nitrogen and oxygen atoms in total. The van der Waals surface area contributed by atoms with Crippen molar-refractivity contribution in [3.8, 4) is 0 Å². The van der Waals surface area contributed by atoms with Gasteiger partial charge in [-0.1, -0.05) is 11.2 Å². The second-order valence-corrected chi connectivity index (χ2v) is 12.7. The molecular weight excluding hydrogens is 656 g/mol. The largest absolute Gasteiger partial charge is 0.478 e. The van der Waals surface area contributed by atoms with Gasteiger partial charge in [0.2, 0.25) is 11.5 Å². The van der Waals surface area contributed by atoms with Gasteiger partial charge in [0.15, 0.2) is 16.5 Å². The number of rotatable bonds is 14. The molecule has 0 aliphatic carbocycles. The molecule has 2 aliphatic rings. The summed E-state index contributed by atoms with van der Waals surface area (Å²) >= 11 is 2.24. The van der Waals surface area contributed by atoms with Crippen LogP contribution in [0.15, 0.2) is 46.5 Å². The lowest BCUT2D eigenvalue weighted by Crippen LogP contribution is -2.71. The lowest BCUT2D eigenvalue weighted by atomic mass is 10.0. The molecular formula is C27H33N10O8S2+. The zero-order chi connectivity index (χ0) is 34.5. The molecule has 47 heavy (non-hydrogen) atoms. The molecule has 1 saturated heterocycles. The molecule has 250 valence electrons. The van der Waals surface area contributed by atoms with Crippen molar-refractivity contribution >= 4 is 75.1 Å². The number of carboxylic acid groups (broad SMARTS) is 2. The monoisotopic (exact) mass is 689 g/mol. The van der Waals surface area contributed by atoms with E-state index in [0.29, 0.717) is 24.2 Å². The first kappa shape index (κ1) is 34.8. The van der Waals surface area contributed by atoms with Crippen molar-refractivity contribution in [3.05, 3.63) is 47.0 Å². The molecule has 0 radical (unpaired) electrons. The van der Waals surface area contributed by atoms with Crippen molar-refractivity contribution in [3.63, 3.8) is 0 Å². The number of thiazole rings is 1. The zero-order valence-corrected chi connectivity index (χ0v) is 26.8. The predicted molar refractivity (Wildman–Crippen MR) is 170 cm³/mol. The van der Waals surface area contributed by atoms with Gasteiger partial charge >= 0.3 is 11.9 Å². The fraction of sp³-hybridized carbons (Fsp3) is 0.370. The summed E-state index contributed by atoms with van der Waals surface area (Å²) < 4.78 is 1.63. The van der Waals surface area contributed by atoms with Crippen molar-refractivity contribution in [2.24, 2.45) is 10.9 Å². The second kappa shape index (κ2) is 14.6. The first-order valence-corrected chi connectivity index (χ1v) is 15.9. The van der Waals surface area contributed by atoms with E-state index in [-0.39, 0.29) is 47.0 Å². The van der Waals surface area contributed by atoms with Crippen LogP contribution in [0.5, 0.6) is 0 Å². The van der Waals surface area contributed by atoms with Gasteiger partial charge in [-0.3, -0.25) is 19.3 Å². The standard InChI is InChI=1S/C27H32N10O8S2/c1-27(2,25(43)44)45-35-17(15-11-47-26(30)33-15)21(39)34-18-22(40)37-19(24(41)42)13(10-46-23(18)37)5-4-8-36-9-14(20(29)31-12-36)32-16(38)6-3-7-28/h4-5,9,11-12,18,23,29H,3,6-8,10,28H2,1-2H3,(H6,30,32,33,34,38,39,41,42,43,44)/p+1/b5-4+,35-17-/t18-,23?/m1/s1. The summed E-state index contributed by atoms with van der Waals surface area (Å²) in [5, 5.41) is 29.1. The smallest absolute Gasteiger partial charge is 0.352 e. The van der Waals surface area contributed by atoms with Gasteiger partial charge in [0.1, 0.15) is 35.5 Å². The molecule has 0 bridgehead atoms. The molecule has 4 rings (SSSR count). The number of thioether (sulfide) groups is 1. The Labute approximate surface area is 275 Å². The van der Waals surface area contributed by atoms with Gasteiger partial charge in [0.05, 0.1) is 0 Å². The third-order valence-electron chi connectivity index (χ3n) is 6.78. The van der Waals surface area contributed by atoms with E-state index in [4.69, 9.17) is 22.0 Å². The molecule has 10 N–H and O–H groups in total. The third kappa shape index (κ3) is 8.02. The SMILES string of the molecule is CC(C)(O/N=C(\C(=O)N[C@@H]1C(=O)N2C(C(=O)O)=C(/C=C/C[n+]3cnc(N)c(NC(=O)CCCN)c3)CSC12)c1csc(N)n1)C(=O)O. The average molecular weight is 690 g/mol. The highest BCUT2D eigenvalue weighted by Gasteiger charge is 2.54. The van der Waals surface area contributed by atoms with E-state index in [1.54, 1.807) is 22.9 Å². The van der Waals surface area contributed by atoms with Gasteiger partial charge in [0.25, 0.3) is 24.0 Å². The average Bonchev–Trinajstić information content (AvgIpc) is 3.45. The number of fused-ring (bicyclic) bond motifs is 1. The van der Waals surface area contributed by atoms with E-state index in [1.807, 2.05) is 0 Å². The van der Waals surface area contributed by atoms with Gasteiger partial charge in [-0.2, -0.15) is 0 Å². The van der Waals surface area contributed by atoms with Crippen molar-refractivity contribution in [1.29, 1.82) is 0 Å². The van der Waals surface area contributed by atoms with E-state index in [9.17, 15) is 34.2 Å². The number of nitrogen functional groups attached to an aromatic ring is 2. The van der Waals surface area contributed by atoms with Crippen LogP contribution >= 0.6 is 23.1 Å². The number of amides is 3. The fourth-order valence-electron chi connectivity index (χ4n) is 4.24. The summed E-state index contributed by atoms with van der Waals surface area (Å²) in [4.78, 5) is 76.6. The number of aliphatic carboxylic acids is 2. The highest BCUT2D eigenvalue weighted by molar-refractivity contribution is 8.00. The number of β-lactam (4-membered cyclic amide) rings is 1. The Morgan fingerprint density at radius 2 is 2.02 bits per heavy atom. The molecule has 0 aromatic carbocycles. The van der Waals surface area contributed by atoms with Crippen LogP contribution < -0.4 is 32.4 Å². The highest BCUT2D eigenvalue weighted by atomic mass is 32.2. The summed E-state index contributed by atoms with van der Waals surface area (Å²) in [5.74, 6) is -4.17. The van der Waals surface area contributed by atoms with Crippen LogP contribution in [0.3, 0.4) is 0 Å². The molecule has 2 aromatic heterocycles. The number of aromatic nitrogens is 3. The molecule has 2 aromatic rings. The molecule has 0 spiro atoms. The summed E-state index contributed by atoms with van der Waals surface area (Å²) in [6.45, 7) is 3.07. The van der Waals surface area contributed by atoms with Crippen LogP contribution in [-0.2, 0) is 35.4 Å². The molecule has 2 atom stereocenters. The number of allylic oxidation sites excluding steroid dienone is 2. The lowest BCUT2D eigenvalue weighted by Gasteiger charge is -2.49. The highest BCUT2D eigenvalue weighted by Crippen LogP contribution is 2.40. The van der Waals surface area contributed by atoms with Gasteiger partial charge in [-0.15, -0.1) is 23.1 Å². The van der Waals surface area contributed by atoms with Crippen LogP contribution in [0.25, 0.3) is 0 Å². The first-order valence-electron chi connectivity index (χ1n) is 14.0. The van der Waals surface area contributed by atoms with Crippen LogP contribution in [0.4, 0.5) is 16.6 Å². The maximum atomic E-state index is 13.3. The van der Waals surface area contributed by atoms with Crippen LogP contribution in [-0.4, -0.2) is 89.8 Å². The molecule has 20 heteroatoms. The molecule has 0 saturated carbocycles. The van der Waals surface area contributed by atoms with E-state index in [0.717, 1.165) is 16.2 Å². The minimum absolute atomic E-state index is 0.0000669. The normalized spacial score (nSPS) is 18.1. The number of carbonyl (C=O) groups is 5. The Balaban J connectivity index is 1.48. The van der Waals surface area contributed by atoms with Crippen LogP contribution in [0.2, 0.25) is 0 Å².